The molecule has 7 nitrogen and oxygen atoms in total. The number of piperidine rings is 1. The number of carbonyl (C=O) groups excluding carboxylic acids is 3. The molecule has 2 heterocycles. The van der Waals surface area contributed by atoms with Crippen LogP contribution in [0.3, 0.4) is 0 Å². The Morgan fingerprint density at radius 2 is 2.09 bits per heavy atom. The second kappa shape index (κ2) is 6.11. The summed E-state index contributed by atoms with van der Waals surface area (Å²) in [5.41, 5.74) is -0.848. The Bertz CT molecular complexity index is 519. The van der Waals surface area contributed by atoms with Crippen molar-refractivity contribution in [3.05, 3.63) is 0 Å². The predicted molar refractivity (Wildman–Crippen MR) is 84.7 cm³/mol. The van der Waals surface area contributed by atoms with Crippen molar-refractivity contribution in [3.63, 3.8) is 0 Å². The Labute approximate surface area is 136 Å². The minimum Gasteiger partial charge on any atom is -0.352 e. The van der Waals surface area contributed by atoms with E-state index in [-0.39, 0.29) is 23.8 Å². The summed E-state index contributed by atoms with van der Waals surface area (Å²) in [6, 6.07) is 0.0676. The lowest BCUT2D eigenvalue weighted by molar-refractivity contribution is -0.133. The third-order valence-corrected chi connectivity index (χ3v) is 5.25. The van der Waals surface area contributed by atoms with Crippen molar-refractivity contribution in [2.24, 2.45) is 5.92 Å². The smallest absolute Gasteiger partial charge is 0.325 e. The molecule has 0 spiro atoms. The summed E-state index contributed by atoms with van der Waals surface area (Å²) >= 11 is 0. The summed E-state index contributed by atoms with van der Waals surface area (Å²) < 4.78 is 0. The molecule has 2 unspecified atom stereocenters. The van der Waals surface area contributed by atoms with Gasteiger partial charge in [-0.05, 0) is 46.1 Å². The van der Waals surface area contributed by atoms with Gasteiger partial charge in [-0.1, -0.05) is 0 Å². The molecule has 2 aliphatic heterocycles. The highest BCUT2D eigenvalue weighted by atomic mass is 16.2. The van der Waals surface area contributed by atoms with E-state index >= 15 is 0 Å². The number of likely N-dealkylation sites (tertiary alicyclic amines) is 1. The van der Waals surface area contributed by atoms with E-state index in [2.05, 4.69) is 15.5 Å². The van der Waals surface area contributed by atoms with Crippen LogP contribution in [0.1, 0.15) is 39.5 Å². The SMILES string of the molecule is CCN1C(=O)NC(C)(C2CCCN(CC(=O)NC3CC3)C2)C1=O. The van der Waals surface area contributed by atoms with Crippen LogP contribution in [0.25, 0.3) is 0 Å². The number of nitrogens with zero attached hydrogens (tertiary/aromatic N) is 2. The first-order valence-electron chi connectivity index (χ1n) is 8.60. The van der Waals surface area contributed by atoms with Gasteiger partial charge < -0.3 is 10.6 Å². The average molecular weight is 322 g/mol. The van der Waals surface area contributed by atoms with E-state index in [1.165, 1.54) is 4.90 Å². The number of carbonyl (C=O) groups is 3. The van der Waals surface area contributed by atoms with Gasteiger partial charge in [0.1, 0.15) is 5.54 Å². The molecule has 23 heavy (non-hydrogen) atoms. The van der Waals surface area contributed by atoms with Crippen LogP contribution in [0.2, 0.25) is 0 Å². The second-order valence-corrected chi connectivity index (χ2v) is 7.10. The standard InChI is InChI=1S/C16H26N4O3/c1-3-20-14(22)16(2,18-15(20)23)11-5-4-8-19(9-11)10-13(21)17-12-6-7-12/h11-12H,3-10H2,1-2H3,(H,17,21)(H,18,23). The summed E-state index contributed by atoms with van der Waals surface area (Å²) in [6.45, 7) is 5.92. The van der Waals surface area contributed by atoms with Gasteiger partial charge in [0.05, 0.1) is 6.54 Å². The summed E-state index contributed by atoms with van der Waals surface area (Å²) in [6.07, 6.45) is 3.99. The molecule has 3 rings (SSSR count). The molecule has 128 valence electrons. The Morgan fingerprint density at radius 1 is 1.35 bits per heavy atom. The number of likely N-dealkylation sites (N-methyl/N-ethyl adjacent to an activating group) is 1. The summed E-state index contributed by atoms with van der Waals surface area (Å²) in [7, 11) is 0. The van der Waals surface area contributed by atoms with Gasteiger partial charge in [-0.3, -0.25) is 19.4 Å². The third kappa shape index (κ3) is 3.20. The zero-order valence-corrected chi connectivity index (χ0v) is 13.9. The first-order valence-corrected chi connectivity index (χ1v) is 8.60. The fourth-order valence-electron chi connectivity index (χ4n) is 3.65. The first-order chi connectivity index (χ1) is 10.9. The van der Waals surface area contributed by atoms with Crippen LogP contribution >= 0.6 is 0 Å². The van der Waals surface area contributed by atoms with Crippen LogP contribution in [0.15, 0.2) is 0 Å². The normalized spacial score (nSPS) is 32.1. The quantitative estimate of drug-likeness (QED) is 0.714. The number of hydrogen-bond donors (Lipinski definition) is 2. The van der Waals surface area contributed by atoms with Gasteiger partial charge in [0.2, 0.25) is 5.91 Å². The average Bonchev–Trinajstić information content (AvgIpc) is 3.27. The third-order valence-electron chi connectivity index (χ3n) is 5.25. The maximum atomic E-state index is 12.6. The predicted octanol–water partition coefficient (Wildman–Crippen LogP) is 0.307. The maximum Gasteiger partial charge on any atom is 0.325 e. The van der Waals surface area contributed by atoms with Gasteiger partial charge in [0.25, 0.3) is 5.91 Å². The molecule has 0 aromatic carbocycles. The molecule has 3 fully saturated rings. The number of rotatable bonds is 5. The highest BCUT2D eigenvalue weighted by Gasteiger charge is 2.52. The fourth-order valence-corrected chi connectivity index (χ4v) is 3.65. The van der Waals surface area contributed by atoms with E-state index in [9.17, 15) is 14.4 Å². The van der Waals surface area contributed by atoms with Crippen molar-refractivity contribution >= 4 is 17.8 Å². The maximum absolute atomic E-state index is 12.6. The van der Waals surface area contributed by atoms with E-state index in [1.807, 2.05) is 6.92 Å². The van der Waals surface area contributed by atoms with Gasteiger partial charge in [-0.15, -0.1) is 0 Å². The van der Waals surface area contributed by atoms with E-state index < -0.39 is 5.54 Å². The van der Waals surface area contributed by atoms with Crippen LogP contribution in [0.5, 0.6) is 0 Å². The lowest BCUT2D eigenvalue weighted by Gasteiger charge is -2.39. The van der Waals surface area contributed by atoms with E-state index in [1.54, 1.807) is 6.92 Å². The molecule has 7 heteroatoms. The van der Waals surface area contributed by atoms with Crippen LogP contribution in [-0.2, 0) is 9.59 Å². The van der Waals surface area contributed by atoms with Crippen molar-refractivity contribution in [3.8, 4) is 0 Å². The van der Waals surface area contributed by atoms with Gasteiger partial charge in [0, 0.05) is 25.0 Å². The van der Waals surface area contributed by atoms with Gasteiger partial charge in [-0.2, -0.15) is 0 Å². The number of urea groups is 1. The number of amides is 4. The molecule has 1 aliphatic carbocycles. The Kier molecular flexibility index (Phi) is 4.31. The Hall–Kier alpha value is -1.63. The molecule has 2 N–H and O–H groups in total. The molecule has 4 amide bonds. The Balaban J connectivity index is 1.62. The van der Waals surface area contributed by atoms with E-state index in [0.717, 1.165) is 32.2 Å². The summed E-state index contributed by atoms with van der Waals surface area (Å²) in [5.74, 6) is -0.0347. The minimum absolute atomic E-state index is 0.0398. The van der Waals surface area contributed by atoms with Crippen molar-refractivity contribution in [1.82, 2.24) is 20.4 Å². The van der Waals surface area contributed by atoms with Crippen LogP contribution < -0.4 is 10.6 Å². The summed E-state index contributed by atoms with van der Waals surface area (Å²) in [5, 5.41) is 5.88. The van der Waals surface area contributed by atoms with Crippen molar-refractivity contribution in [2.75, 3.05) is 26.2 Å². The van der Waals surface area contributed by atoms with Crippen molar-refractivity contribution in [2.45, 2.75) is 51.1 Å². The lowest BCUT2D eigenvalue weighted by Crippen LogP contribution is -2.56. The molecular formula is C16H26N4O3. The lowest BCUT2D eigenvalue weighted by atomic mass is 9.80. The van der Waals surface area contributed by atoms with Crippen molar-refractivity contribution in [1.29, 1.82) is 0 Å². The number of imide groups is 1. The van der Waals surface area contributed by atoms with Crippen molar-refractivity contribution < 1.29 is 14.4 Å². The molecule has 2 atom stereocenters. The second-order valence-electron chi connectivity index (χ2n) is 7.10. The van der Waals surface area contributed by atoms with Crippen LogP contribution in [-0.4, -0.2) is 65.4 Å². The molecule has 2 saturated heterocycles. The molecule has 0 radical (unpaired) electrons. The van der Waals surface area contributed by atoms with Gasteiger partial charge in [-0.25, -0.2) is 4.79 Å². The fraction of sp³-hybridized carbons (Fsp3) is 0.812. The molecule has 0 bridgehead atoms. The van der Waals surface area contributed by atoms with E-state index in [4.69, 9.17) is 0 Å². The monoisotopic (exact) mass is 322 g/mol. The minimum atomic E-state index is -0.848. The largest absolute Gasteiger partial charge is 0.352 e. The Morgan fingerprint density at radius 3 is 2.70 bits per heavy atom. The van der Waals surface area contributed by atoms with Gasteiger partial charge in [0.15, 0.2) is 0 Å². The molecular weight excluding hydrogens is 296 g/mol. The zero-order chi connectivity index (χ0) is 16.6. The highest BCUT2D eigenvalue weighted by molar-refractivity contribution is 6.07. The number of nitrogens with one attached hydrogen (secondary N) is 2. The van der Waals surface area contributed by atoms with Crippen LogP contribution in [0, 0.1) is 5.92 Å². The molecule has 1 saturated carbocycles. The topological polar surface area (TPSA) is 81.8 Å². The van der Waals surface area contributed by atoms with E-state index in [0.29, 0.717) is 25.7 Å². The van der Waals surface area contributed by atoms with Gasteiger partial charge >= 0.3 is 6.03 Å². The molecule has 3 aliphatic rings. The number of hydrogen-bond acceptors (Lipinski definition) is 4. The van der Waals surface area contributed by atoms with Crippen LogP contribution in [0.4, 0.5) is 4.79 Å². The zero-order valence-electron chi connectivity index (χ0n) is 13.9. The highest BCUT2D eigenvalue weighted by Crippen LogP contribution is 2.32. The first kappa shape index (κ1) is 16.2. The molecule has 0 aromatic heterocycles. The summed E-state index contributed by atoms with van der Waals surface area (Å²) in [4.78, 5) is 39.9. The molecule has 0 aromatic rings.